The van der Waals surface area contributed by atoms with Gasteiger partial charge >= 0.3 is 0 Å². The molecule has 3 rings (SSSR count). The molecule has 1 aliphatic heterocycles. The molecule has 0 bridgehead atoms. The predicted octanol–water partition coefficient (Wildman–Crippen LogP) is 3.80. The molecule has 1 nitrogen and oxygen atoms in total. The Bertz CT molecular complexity index is 566. The second-order valence-corrected chi connectivity index (χ2v) is 5.88. The summed E-state index contributed by atoms with van der Waals surface area (Å²) in [6.07, 6.45) is 0. The molecule has 0 aromatic heterocycles. The number of hydrogen-bond donors (Lipinski definition) is 1. The summed E-state index contributed by atoms with van der Waals surface area (Å²) in [5.41, 5.74) is 2.49. The van der Waals surface area contributed by atoms with Crippen LogP contribution in [-0.2, 0) is 0 Å². The maximum absolute atomic E-state index is 5.43. The van der Waals surface area contributed by atoms with Crippen LogP contribution in [0.2, 0.25) is 0 Å². The molecule has 0 fully saturated rings. The molecule has 0 amide bonds. The van der Waals surface area contributed by atoms with Crippen LogP contribution in [0, 0.1) is 0 Å². The molecule has 18 heavy (non-hydrogen) atoms. The third-order valence-corrected chi connectivity index (χ3v) is 4.72. The van der Waals surface area contributed by atoms with E-state index in [0.29, 0.717) is 5.25 Å². The van der Waals surface area contributed by atoms with E-state index in [1.807, 2.05) is 17.8 Å². The summed E-state index contributed by atoms with van der Waals surface area (Å²) in [6.45, 7) is 0.877. The van der Waals surface area contributed by atoms with Gasteiger partial charge in [0.15, 0.2) is 0 Å². The molecule has 1 atom stereocenters. The summed E-state index contributed by atoms with van der Waals surface area (Å²) in [7, 11) is 0. The Balaban J connectivity index is 1.97. The molecule has 90 valence electrons. The maximum Gasteiger partial charge on any atom is 0.107 e. The van der Waals surface area contributed by atoms with Crippen molar-refractivity contribution in [2.45, 2.75) is 10.1 Å². The summed E-state index contributed by atoms with van der Waals surface area (Å²) in [5.74, 6) is 0. The van der Waals surface area contributed by atoms with Crippen LogP contribution < -0.4 is 5.32 Å². The number of benzene rings is 2. The molecule has 0 spiro atoms. The van der Waals surface area contributed by atoms with Crippen LogP contribution in [0.3, 0.4) is 0 Å². The van der Waals surface area contributed by atoms with Gasteiger partial charge in [0, 0.05) is 17.0 Å². The summed E-state index contributed by atoms with van der Waals surface area (Å²) in [4.78, 5) is 2.12. The van der Waals surface area contributed by atoms with Crippen molar-refractivity contribution < 1.29 is 0 Å². The van der Waals surface area contributed by atoms with Gasteiger partial charge in [0.25, 0.3) is 0 Å². The quantitative estimate of drug-likeness (QED) is 0.792. The van der Waals surface area contributed by atoms with Crippen LogP contribution in [0.4, 0.5) is 0 Å². The van der Waals surface area contributed by atoms with E-state index < -0.39 is 0 Å². The minimum atomic E-state index is 0.410. The smallest absolute Gasteiger partial charge is 0.107 e. The van der Waals surface area contributed by atoms with E-state index in [1.165, 1.54) is 10.5 Å². The van der Waals surface area contributed by atoms with Crippen LogP contribution in [0.1, 0.15) is 16.4 Å². The second kappa shape index (κ2) is 5.12. The Labute approximate surface area is 117 Å². The molecule has 1 heterocycles. The van der Waals surface area contributed by atoms with Crippen LogP contribution >= 0.6 is 24.0 Å². The molecular formula is C15H13NS2. The molecule has 0 saturated carbocycles. The van der Waals surface area contributed by atoms with Gasteiger partial charge in [0.1, 0.15) is 4.99 Å². The number of thioether (sulfide) groups is 1. The monoisotopic (exact) mass is 271 g/mol. The average molecular weight is 271 g/mol. The van der Waals surface area contributed by atoms with E-state index in [0.717, 1.165) is 17.1 Å². The lowest BCUT2D eigenvalue weighted by atomic mass is 10.1. The van der Waals surface area contributed by atoms with Crippen molar-refractivity contribution in [2.24, 2.45) is 0 Å². The maximum atomic E-state index is 5.43. The van der Waals surface area contributed by atoms with Crippen LogP contribution in [0.5, 0.6) is 0 Å². The number of hydrogen-bond acceptors (Lipinski definition) is 2. The molecule has 1 aliphatic rings. The van der Waals surface area contributed by atoms with Gasteiger partial charge in [-0.3, -0.25) is 0 Å². The highest BCUT2D eigenvalue weighted by Crippen LogP contribution is 2.38. The van der Waals surface area contributed by atoms with Crippen molar-refractivity contribution >= 4 is 29.0 Å². The standard InChI is InChI=1S/C15H13NS2/c17-15-12-8-4-5-9-13(12)18-14(10-16-15)11-6-2-1-3-7-11/h1-9,14H,10H2,(H,16,17). The first-order valence-corrected chi connectivity index (χ1v) is 7.22. The third-order valence-electron chi connectivity index (χ3n) is 3.02. The van der Waals surface area contributed by atoms with Gasteiger partial charge in [-0.2, -0.15) is 0 Å². The van der Waals surface area contributed by atoms with Crippen molar-refractivity contribution in [1.82, 2.24) is 5.32 Å². The van der Waals surface area contributed by atoms with Crippen molar-refractivity contribution in [1.29, 1.82) is 0 Å². The minimum absolute atomic E-state index is 0.410. The van der Waals surface area contributed by atoms with Gasteiger partial charge in [-0.1, -0.05) is 60.7 Å². The van der Waals surface area contributed by atoms with E-state index in [9.17, 15) is 0 Å². The Kier molecular flexibility index (Phi) is 3.35. The van der Waals surface area contributed by atoms with E-state index >= 15 is 0 Å². The fourth-order valence-electron chi connectivity index (χ4n) is 2.09. The highest BCUT2D eigenvalue weighted by Gasteiger charge is 2.20. The first-order chi connectivity index (χ1) is 8.84. The highest BCUT2D eigenvalue weighted by atomic mass is 32.2. The Hall–Kier alpha value is -1.32. The molecular weight excluding hydrogens is 258 g/mol. The molecule has 1 unspecified atom stereocenters. The van der Waals surface area contributed by atoms with Crippen LogP contribution in [-0.4, -0.2) is 11.5 Å². The van der Waals surface area contributed by atoms with Gasteiger partial charge in [-0.25, -0.2) is 0 Å². The van der Waals surface area contributed by atoms with Gasteiger partial charge in [0.2, 0.25) is 0 Å². The molecule has 0 aliphatic carbocycles. The zero-order chi connectivity index (χ0) is 12.4. The van der Waals surface area contributed by atoms with Crippen molar-refractivity contribution in [3.05, 3.63) is 65.7 Å². The molecule has 2 aromatic rings. The zero-order valence-electron chi connectivity index (χ0n) is 9.80. The molecule has 1 N–H and O–H groups in total. The molecule has 3 heteroatoms. The first-order valence-electron chi connectivity index (χ1n) is 5.93. The SMILES string of the molecule is S=C1NCC(c2ccccc2)Sc2ccccc21. The molecule has 0 saturated heterocycles. The molecule has 0 radical (unpaired) electrons. The lowest BCUT2D eigenvalue weighted by Crippen LogP contribution is -2.24. The van der Waals surface area contributed by atoms with Crippen LogP contribution in [0.15, 0.2) is 59.5 Å². The number of nitrogens with one attached hydrogen (secondary N) is 1. The number of fused-ring (bicyclic) bond motifs is 1. The summed E-state index contributed by atoms with van der Waals surface area (Å²) >= 11 is 7.31. The Morgan fingerprint density at radius 1 is 1.00 bits per heavy atom. The second-order valence-electron chi connectivity index (χ2n) is 4.22. The normalized spacial score (nSPS) is 18.7. The van der Waals surface area contributed by atoms with Gasteiger partial charge in [-0.15, -0.1) is 11.8 Å². The minimum Gasteiger partial charge on any atom is -0.374 e. The fraction of sp³-hybridized carbons (Fsp3) is 0.133. The summed E-state index contributed by atoms with van der Waals surface area (Å²) in [5, 5.41) is 3.77. The third kappa shape index (κ3) is 2.28. The van der Waals surface area contributed by atoms with E-state index in [-0.39, 0.29) is 0 Å². The first kappa shape index (κ1) is 11.8. The van der Waals surface area contributed by atoms with Crippen molar-refractivity contribution in [2.75, 3.05) is 6.54 Å². The number of thiocarbonyl (C=S) groups is 1. The zero-order valence-corrected chi connectivity index (χ0v) is 11.4. The lowest BCUT2D eigenvalue weighted by molar-refractivity contribution is 0.862. The van der Waals surface area contributed by atoms with E-state index in [2.05, 4.69) is 53.8 Å². The van der Waals surface area contributed by atoms with Gasteiger partial charge < -0.3 is 5.32 Å². The van der Waals surface area contributed by atoms with Gasteiger partial charge in [0.05, 0.1) is 5.25 Å². The van der Waals surface area contributed by atoms with E-state index in [1.54, 1.807) is 0 Å². The average Bonchev–Trinajstić information content (AvgIpc) is 2.60. The van der Waals surface area contributed by atoms with Crippen LogP contribution in [0.25, 0.3) is 0 Å². The van der Waals surface area contributed by atoms with E-state index in [4.69, 9.17) is 12.2 Å². The summed E-state index contributed by atoms with van der Waals surface area (Å²) < 4.78 is 0. The van der Waals surface area contributed by atoms with Gasteiger partial charge in [-0.05, 0) is 11.6 Å². The Morgan fingerprint density at radius 2 is 1.72 bits per heavy atom. The molecule has 2 aromatic carbocycles. The predicted molar refractivity (Wildman–Crippen MR) is 81.2 cm³/mol. The summed E-state index contributed by atoms with van der Waals surface area (Å²) in [6, 6.07) is 18.9. The fourth-order valence-corrected chi connectivity index (χ4v) is 3.63. The Morgan fingerprint density at radius 3 is 2.56 bits per heavy atom. The van der Waals surface area contributed by atoms with Crippen molar-refractivity contribution in [3.8, 4) is 0 Å². The topological polar surface area (TPSA) is 12.0 Å². The lowest BCUT2D eigenvalue weighted by Gasteiger charge is -2.14. The largest absolute Gasteiger partial charge is 0.374 e. The highest BCUT2D eigenvalue weighted by molar-refractivity contribution is 7.99. The number of rotatable bonds is 1. The van der Waals surface area contributed by atoms with Crippen molar-refractivity contribution in [3.63, 3.8) is 0 Å².